The highest BCUT2D eigenvalue weighted by atomic mass is 35.5. The van der Waals surface area contributed by atoms with Crippen molar-refractivity contribution in [2.24, 2.45) is 0 Å². The number of nitrogens with zero attached hydrogens (tertiary/aromatic N) is 1. The Bertz CT molecular complexity index is 713. The zero-order valence-corrected chi connectivity index (χ0v) is 13.4. The zero-order valence-electron chi connectivity index (χ0n) is 11.0. The van der Waals surface area contributed by atoms with Crippen LogP contribution in [-0.2, 0) is 16.6 Å². The van der Waals surface area contributed by atoms with E-state index in [4.69, 9.17) is 11.6 Å². The van der Waals surface area contributed by atoms with Gasteiger partial charge in [0.1, 0.15) is 0 Å². The van der Waals surface area contributed by atoms with Gasteiger partial charge in [0.25, 0.3) is 0 Å². The highest BCUT2D eigenvalue weighted by Crippen LogP contribution is 2.22. The SMILES string of the molecule is Cc1cc(NCc2cnc(Cl)s2)ccc1NS(C)(=O)=O. The predicted octanol–water partition coefficient (Wildman–Crippen LogP) is 3.09. The molecule has 8 heteroatoms. The largest absolute Gasteiger partial charge is 0.380 e. The summed E-state index contributed by atoms with van der Waals surface area (Å²) in [5.41, 5.74) is 2.34. The minimum atomic E-state index is -3.26. The summed E-state index contributed by atoms with van der Waals surface area (Å²) < 4.78 is 25.4. The first-order valence-electron chi connectivity index (χ1n) is 5.76. The van der Waals surface area contributed by atoms with E-state index in [0.717, 1.165) is 22.4 Å². The van der Waals surface area contributed by atoms with Gasteiger partial charge in [-0.05, 0) is 30.7 Å². The van der Waals surface area contributed by atoms with Crippen LogP contribution in [0.5, 0.6) is 0 Å². The molecule has 2 aromatic rings. The Morgan fingerprint density at radius 3 is 2.70 bits per heavy atom. The molecule has 0 aliphatic carbocycles. The molecule has 0 radical (unpaired) electrons. The fraction of sp³-hybridized carbons (Fsp3) is 0.250. The fourth-order valence-electron chi connectivity index (χ4n) is 1.64. The Morgan fingerprint density at radius 1 is 1.40 bits per heavy atom. The minimum absolute atomic E-state index is 0.519. The Hall–Kier alpha value is -1.31. The van der Waals surface area contributed by atoms with E-state index in [-0.39, 0.29) is 0 Å². The van der Waals surface area contributed by atoms with Crippen LogP contribution in [0.1, 0.15) is 10.4 Å². The summed E-state index contributed by atoms with van der Waals surface area (Å²) in [6.45, 7) is 2.48. The lowest BCUT2D eigenvalue weighted by atomic mass is 10.2. The third-order valence-corrected chi connectivity index (χ3v) is 4.22. The van der Waals surface area contributed by atoms with Gasteiger partial charge in [-0.2, -0.15) is 0 Å². The molecular weight excluding hydrogens is 318 g/mol. The van der Waals surface area contributed by atoms with E-state index < -0.39 is 10.0 Å². The van der Waals surface area contributed by atoms with Gasteiger partial charge in [0.15, 0.2) is 4.47 Å². The highest BCUT2D eigenvalue weighted by molar-refractivity contribution is 7.92. The molecule has 0 saturated carbocycles. The molecule has 20 heavy (non-hydrogen) atoms. The van der Waals surface area contributed by atoms with E-state index in [1.165, 1.54) is 11.3 Å². The number of hydrogen-bond donors (Lipinski definition) is 2. The van der Waals surface area contributed by atoms with Gasteiger partial charge in [-0.1, -0.05) is 11.6 Å². The van der Waals surface area contributed by atoms with Gasteiger partial charge < -0.3 is 5.32 Å². The van der Waals surface area contributed by atoms with Crippen LogP contribution in [0.25, 0.3) is 0 Å². The summed E-state index contributed by atoms with van der Waals surface area (Å²) in [7, 11) is -3.26. The van der Waals surface area contributed by atoms with Crippen molar-refractivity contribution >= 4 is 44.3 Å². The minimum Gasteiger partial charge on any atom is -0.380 e. The molecule has 0 amide bonds. The summed E-state index contributed by atoms with van der Waals surface area (Å²) in [6, 6.07) is 5.44. The van der Waals surface area contributed by atoms with Gasteiger partial charge in [0.2, 0.25) is 10.0 Å². The van der Waals surface area contributed by atoms with Crippen molar-refractivity contribution in [1.82, 2.24) is 4.98 Å². The number of aromatic nitrogens is 1. The first-order valence-corrected chi connectivity index (χ1v) is 8.84. The van der Waals surface area contributed by atoms with Crippen molar-refractivity contribution in [3.05, 3.63) is 39.3 Å². The van der Waals surface area contributed by atoms with E-state index >= 15 is 0 Å². The Morgan fingerprint density at radius 2 is 2.15 bits per heavy atom. The van der Waals surface area contributed by atoms with E-state index in [2.05, 4.69) is 15.0 Å². The van der Waals surface area contributed by atoms with Gasteiger partial charge in [-0.25, -0.2) is 13.4 Å². The lowest BCUT2D eigenvalue weighted by molar-refractivity contribution is 0.607. The Labute approximate surface area is 127 Å². The maximum atomic E-state index is 11.2. The number of aryl methyl sites for hydroxylation is 1. The summed E-state index contributed by atoms with van der Waals surface area (Å²) >= 11 is 7.19. The van der Waals surface area contributed by atoms with E-state index in [1.807, 2.05) is 19.1 Å². The zero-order chi connectivity index (χ0) is 14.8. The van der Waals surface area contributed by atoms with Crippen LogP contribution in [-0.4, -0.2) is 19.7 Å². The lowest BCUT2D eigenvalue weighted by Crippen LogP contribution is -2.10. The molecule has 5 nitrogen and oxygen atoms in total. The standard InChI is InChI=1S/C12H14ClN3O2S2/c1-8-5-9(3-4-11(8)16-20(2,17)18)14-6-10-7-15-12(13)19-10/h3-5,7,14,16H,6H2,1-2H3. The van der Waals surface area contributed by atoms with Crippen LogP contribution in [0.3, 0.4) is 0 Å². The molecule has 0 spiro atoms. The van der Waals surface area contributed by atoms with Gasteiger partial charge in [0, 0.05) is 16.8 Å². The molecule has 1 aromatic heterocycles. The molecule has 0 saturated heterocycles. The summed E-state index contributed by atoms with van der Waals surface area (Å²) in [6.07, 6.45) is 2.86. The van der Waals surface area contributed by atoms with Gasteiger partial charge >= 0.3 is 0 Å². The van der Waals surface area contributed by atoms with Crippen LogP contribution in [0, 0.1) is 6.92 Å². The number of rotatable bonds is 5. The molecule has 0 atom stereocenters. The van der Waals surface area contributed by atoms with Crippen LogP contribution >= 0.6 is 22.9 Å². The van der Waals surface area contributed by atoms with E-state index in [0.29, 0.717) is 16.7 Å². The smallest absolute Gasteiger partial charge is 0.229 e. The second-order valence-electron chi connectivity index (χ2n) is 4.34. The Balaban J connectivity index is 2.05. The summed E-state index contributed by atoms with van der Waals surface area (Å²) in [4.78, 5) is 5.00. The lowest BCUT2D eigenvalue weighted by Gasteiger charge is -2.10. The first kappa shape index (κ1) is 15.1. The highest BCUT2D eigenvalue weighted by Gasteiger charge is 2.06. The van der Waals surface area contributed by atoms with Crippen molar-refractivity contribution in [1.29, 1.82) is 0 Å². The maximum Gasteiger partial charge on any atom is 0.229 e. The number of halogens is 1. The molecule has 2 N–H and O–H groups in total. The van der Waals surface area contributed by atoms with Gasteiger partial charge in [-0.3, -0.25) is 4.72 Å². The second kappa shape index (κ2) is 5.99. The number of sulfonamides is 1. The van der Waals surface area contributed by atoms with Gasteiger partial charge in [0.05, 0.1) is 18.5 Å². The van der Waals surface area contributed by atoms with Crippen LogP contribution < -0.4 is 10.0 Å². The van der Waals surface area contributed by atoms with Gasteiger partial charge in [-0.15, -0.1) is 11.3 Å². The summed E-state index contributed by atoms with van der Waals surface area (Å²) in [5.74, 6) is 0. The normalized spacial score (nSPS) is 11.3. The molecular formula is C12H14ClN3O2S2. The van der Waals surface area contributed by atoms with Crippen molar-refractivity contribution in [3.63, 3.8) is 0 Å². The molecule has 0 fully saturated rings. The average Bonchev–Trinajstić information content (AvgIpc) is 2.74. The molecule has 0 aliphatic heterocycles. The number of benzene rings is 1. The molecule has 0 bridgehead atoms. The topological polar surface area (TPSA) is 71.1 Å². The molecule has 1 heterocycles. The second-order valence-corrected chi connectivity index (χ2v) is 7.78. The van der Waals surface area contributed by atoms with Crippen molar-refractivity contribution in [2.45, 2.75) is 13.5 Å². The van der Waals surface area contributed by atoms with E-state index in [9.17, 15) is 8.42 Å². The predicted molar refractivity (Wildman–Crippen MR) is 84.1 cm³/mol. The molecule has 0 aliphatic rings. The molecule has 108 valence electrons. The van der Waals surface area contributed by atoms with Crippen LogP contribution in [0.4, 0.5) is 11.4 Å². The molecule has 2 rings (SSSR count). The van der Waals surface area contributed by atoms with Crippen molar-refractivity contribution in [3.8, 4) is 0 Å². The van der Waals surface area contributed by atoms with Crippen LogP contribution in [0.2, 0.25) is 4.47 Å². The molecule has 0 unspecified atom stereocenters. The van der Waals surface area contributed by atoms with Crippen LogP contribution in [0.15, 0.2) is 24.4 Å². The number of nitrogens with one attached hydrogen (secondary N) is 2. The number of thiazole rings is 1. The van der Waals surface area contributed by atoms with E-state index in [1.54, 1.807) is 12.3 Å². The number of anilines is 2. The monoisotopic (exact) mass is 331 g/mol. The Kier molecular flexibility index (Phi) is 4.52. The van der Waals surface area contributed by atoms with Crippen molar-refractivity contribution in [2.75, 3.05) is 16.3 Å². The quantitative estimate of drug-likeness (QED) is 0.883. The van der Waals surface area contributed by atoms with Crippen molar-refractivity contribution < 1.29 is 8.42 Å². The first-order chi connectivity index (χ1) is 9.33. The third-order valence-electron chi connectivity index (χ3n) is 2.51. The third kappa shape index (κ3) is 4.36. The summed E-state index contributed by atoms with van der Waals surface area (Å²) in [5, 5.41) is 3.24. The maximum absolute atomic E-state index is 11.2. The fourth-order valence-corrected chi connectivity index (χ4v) is 3.19. The number of hydrogen-bond acceptors (Lipinski definition) is 5. The molecule has 1 aromatic carbocycles. The average molecular weight is 332 g/mol.